The fourth-order valence-electron chi connectivity index (χ4n) is 4.36. The minimum absolute atomic E-state index is 0.0194. The minimum atomic E-state index is -0.277. The Hall–Kier alpha value is -1.40. The van der Waals surface area contributed by atoms with Gasteiger partial charge in [0.2, 0.25) is 0 Å². The van der Waals surface area contributed by atoms with Crippen LogP contribution in [-0.2, 0) is 24.1 Å². The highest BCUT2D eigenvalue weighted by atomic mass is 16.5. The molecule has 1 aromatic rings. The van der Waals surface area contributed by atoms with Crippen LogP contribution < -0.4 is 5.32 Å². The van der Waals surface area contributed by atoms with E-state index in [0.717, 1.165) is 68.7 Å². The number of carbonyl (C=O) groups is 1. The van der Waals surface area contributed by atoms with Gasteiger partial charge in [0.05, 0.1) is 17.0 Å². The van der Waals surface area contributed by atoms with Gasteiger partial charge in [-0.25, -0.2) is 0 Å². The van der Waals surface area contributed by atoms with Gasteiger partial charge in [-0.1, -0.05) is 34.1 Å². The van der Waals surface area contributed by atoms with E-state index >= 15 is 0 Å². The molecular weight excluding hydrogens is 354 g/mol. The zero-order chi connectivity index (χ0) is 20.4. The molecule has 6 nitrogen and oxygen atoms in total. The first-order valence-corrected chi connectivity index (χ1v) is 10.8. The van der Waals surface area contributed by atoms with Gasteiger partial charge in [0, 0.05) is 38.3 Å². The van der Waals surface area contributed by atoms with Gasteiger partial charge in [-0.05, 0) is 43.4 Å². The molecule has 1 fully saturated rings. The number of nitrogens with zero attached hydrogens (tertiary/aromatic N) is 2. The van der Waals surface area contributed by atoms with Crippen LogP contribution >= 0.6 is 0 Å². The van der Waals surface area contributed by atoms with Crippen LogP contribution in [0.1, 0.15) is 75.1 Å². The van der Waals surface area contributed by atoms with Gasteiger partial charge in [-0.3, -0.25) is 9.48 Å². The van der Waals surface area contributed by atoms with E-state index in [2.05, 4.69) is 19.2 Å². The fraction of sp³-hybridized carbons (Fsp3) is 0.818. The molecular formula is C22H37N3O3. The molecule has 0 bridgehead atoms. The van der Waals surface area contributed by atoms with E-state index in [1.165, 1.54) is 0 Å². The average molecular weight is 392 g/mol. The normalized spacial score (nSPS) is 19.6. The lowest BCUT2D eigenvalue weighted by atomic mass is 9.76. The first kappa shape index (κ1) is 21.3. The highest BCUT2D eigenvalue weighted by Gasteiger charge is 2.40. The number of rotatable bonds is 7. The summed E-state index contributed by atoms with van der Waals surface area (Å²) in [6.45, 7) is 11.5. The third-order valence-corrected chi connectivity index (χ3v) is 6.28. The topological polar surface area (TPSA) is 76.4 Å². The van der Waals surface area contributed by atoms with Crippen molar-refractivity contribution >= 4 is 5.91 Å². The van der Waals surface area contributed by atoms with Gasteiger partial charge in [0.15, 0.2) is 0 Å². The largest absolute Gasteiger partial charge is 0.396 e. The van der Waals surface area contributed by atoms with Crippen LogP contribution in [-0.4, -0.2) is 47.2 Å². The first-order chi connectivity index (χ1) is 13.3. The van der Waals surface area contributed by atoms with E-state index in [4.69, 9.17) is 9.84 Å². The van der Waals surface area contributed by atoms with Crippen molar-refractivity contribution in [2.24, 2.45) is 16.7 Å². The van der Waals surface area contributed by atoms with Crippen LogP contribution in [0.4, 0.5) is 0 Å². The van der Waals surface area contributed by atoms with Crippen molar-refractivity contribution < 1.29 is 14.6 Å². The van der Waals surface area contributed by atoms with Crippen molar-refractivity contribution in [2.75, 3.05) is 26.4 Å². The maximum absolute atomic E-state index is 13.1. The minimum Gasteiger partial charge on any atom is -0.396 e. The number of aryl methyl sites for hydroxylation is 1. The van der Waals surface area contributed by atoms with E-state index in [0.29, 0.717) is 19.0 Å². The molecule has 2 N–H and O–H groups in total. The maximum atomic E-state index is 13.1. The molecule has 0 atom stereocenters. The van der Waals surface area contributed by atoms with Crippen LogP contribution in [0.15, 0.2) is 0 Å². The molecule has 0 aromatic carbocycles. The van der Waals surface area contributed by atoms with Crippen LogP contribution in [0.2, 0.25) is 0 Å². The Labute approximate surface area is 169 Å². The second-order valence-corrected chi connectivity index (χ2v) is 10.0. The molecule has 0 aliphatic carbocycles. The molecule has 1 aromatic heterocycles. The first-order valence-electron chi connectivity index (χ1n) is 10.8. The Morgan fingerprint density at radius 3 is 2.68 bits per heavy atom. The summed E-state index contributed by atoms with van der Waals surface area (Å²) in [5.74, 6) is 0.666. The number of fused-ring (bicyclic) bond motifs is 1. The molecule has 0 radical (unpaired) electrons. The standard InChI is InChI=1S/C22H37N3O3/c1-16(2)6-5-7-17-19-18(25(24-17)14-21(3,4)15-26)12-22(13-23-20(19)27)8-10-28-11-9-22/h16,26H,5-15H2,1-4H3,(H,23,27). The van der Waals surface area contributed by atoms with E-state index in [-0.39, 0.29) is 23.3 Å². The second-order valence-electron chi connectivity index (χ2n) is 10.0. The highest BCUT2D eigenvalue weighted by Crippen LogP contribution is 2.38. The Bertz CT molecular complexity index is 687. The van der Waals surface area contributed by atoms with Gasteiger partial charge < -0.3 is 15.2 Å². The lowest BCUT2D eigenvalue weighted by Crippen LogP contribution is -2.41. The Morgan fingerprint density at radius 1 is 1.32 bits per heavy atom. The molecule has 3 rings (SSSR count). The van der Waals surface area contributed by atoms with Gasteiger partial charge >= 0.3 is 0 Å². The van der Waals surface area contributed by atoms with Crippen LogP contribution in [0.25, 0.3) is 0 Å². The number of aliphatic hydroxyl groups excluding tert-OH is 1. The molecule has 0 saturated carbocycles. The summed E-state index contributed by atoms with van der Waals surface area (Å²) in [6, 6.07) is 0. The summed E-state index contributed by atoms with van der Waals surface area (Å²) < 4.78 is 7.62. The highest BCUT2D eigenvalue weighted by molar-refractivity contribution is 5.97. The summed E-state index contributed by atoms with van der Waals surface area (Å²) in [6.07, 6.45) is 5.77. The predicted molar refractivity (Wildman–Crippen MR) is 109 cm³/mol. The van der Waals surface area contributed by atoms with E-state index in [1.807, 2.05) is 18.5 Å². The summed E-state index contributed by atoms with van der Waals surface area (Å²) in [5, 5.41) is 17.9. The number of carbonyl (C=O) groups excluding carboxylic acids is 1. The number of aromatic nitrogens is 2. The SMILES string of the molecule is CC(C)CCCc1nn(CC(C)(C)CO)c2c1C(=O)NCC1(CCOCC1)C2. The molecule has 1 spiro atoms. The number of amides is 1. The molecule has 2 aliphatic heterocycles. The molecule has 6 heteroatoms. The number of nitrogens with one attached hydrogen (secondary N) is 1. The Balaban J connectivity index is 1.96. The van der Waals surface area contributed by atoms with E-state index in [9.17, 15) is 9.90 Å². The van der Waals surface area contributed by atoms with Gasteiger partial charge in [0.1, 0.15) is 0 Å². The molecule has 28 heavy (non-hydrogen) atoms. The summed E-state index contributed by atoms with van der Waals surface area (Å²) in [4.78, 5) is 13.1. The Kier molecular flexibility index (Phi) is 6.50. The van der Waals surface area contributed by atoms with Crippen LogP contribution in [0.5, 0.6) is 0 Å². The quantitative estimate of drug-likeness (QED) is 0.749. The fourth-order valence-corrected chi connectivity index (χ4v) is 4.36. The monoisotopic (exact) mass is 391 g/mol. The second kappa shape index (κ2) is 8.54. The molecule has 158 valence electrons. The third-order valence-electron chi connectivity index (χ3n) is 6.28. The summed E-state index contributed by atoms with van der Waals surface area (Å²) in [7, 11) is 0. The molecule has 2 aliphatic rings. The number of hydrogen-bond donors (Lipinski definition) is 2. The van der Waals surface area contributed by atoms with Crippen molar-refractivity contribution in [2.45, 2.75) is 72.8 Å². The number of ether oxygens (including phenoxy) is 1. The molecule has 0 unspecified atom stereocenters. The zero-order valence-electron chi connectivity index (χ0n) is 18.0. The zero-order valence-corrected chi connectivity index (χ0v) is 18.0. The van der Waals surface area contributed by atoms with Gasteiger partial charge in [0.25, 0.3) is 5.91 Å². The number of hydrogen-bond acceptors (Lipinski definition) is 4. The van der Waals surface area contributed by atoms with E-state index in [1.54, 1.807) is 0 Å². The van der Waals surface area contributed by atoms with Crippen molar-refractivity contribution in [3.8, 4) is 0 Å². The predicted octanol–water partition coefficient (Wildman–Crippen LogP) is 2.96. The van der Waals surface area contributed by atoms with Crippen molar-refractivity contribution in [3.63, 3.8) is 0 Å². The third kappa shape index (κ3) is 4.77. The molecule has 1 saturated heterocycles. The Morgan fingerprint density at radius 2 is 2.04 bits per heavy atom. The number of aliphatic hydroxyl groups is 1. The smallest absolute Gasteiger partial charge is 0.255 e. The van der Waals surface area contributed by atoms with Gasteiger partial charge in [-0.2, -0.15) is 5.10 Å². The van der Waals surface area contributed by atoms with Crippen LogP contribution in [0, 0.1) is 16.7 Å². The lowest BCUT2D eigenvalue weighted by molar-refractivity contribution is 0.0149. The lowest BCUT2D eigenvalue weighted by Gasteiger charge is -2.36. The average Bonchev–Trinajstić information content (AvgIpc) is 2.89. The molecule has 3 heterocycles. The van der Waals surface area contributed by atoms with Crippen molar-refractivity contribution in [1.82, 2.24) is 15.1 Å². The van der Waals surface area contributed by atoms with Crippen molar-refractivity contribution in [1.29, 1.82) is 0 Å². The molecule has 1 amide bonds. The van der Waals surface area contributed by atoms with Crippen LogP contribution in [0.3, 0.4) is 0 Å². The summed E-state index contributed by atoms with van der Waals surface area (Å²) in [5.41, 5.74) is 2.54. The van der Waals surface area contributed by atoms with Crippen molar-refractivity contribution in [3.05, 3.63) is 17.0 Å². The van der Waals surface area contributed by atoms with Gasteiger partial charge in [-0.15, -0.1) is 0 Å². The van der Waals surface area contributed by atoms with E-state index < -0.39 is 0 Å². The summed E-state index contributed by atoms with van der Waals surface area (Å²) >= 11 is 0. The maximum Gasteiger partial charge on any atom is 0.255 e.